The summed E-state index contributed by atoms with van der Waals surface area (Å²) >= 11 is 0. The van der Waals surface area contributed by atoms with Gasteiger partial charge in [-0.25, -0.2) is 0 Å². The Kier molecular flexibility index (Phi) is 9.26. The largest absolute Gasteiger partial charge is 0.394 e. The van der Waals surface area contributed by atoms with Crippen molar-refractivity contribution in [3.8, 4) is 0 Å². The van der Waals surface area contributed by atoms with Crippen LogP contribution in [0.5, 0.6) is 0 Å². The number of rotatable bonds is 7. The van der Waals surface area contributed by atoms with E-state index in [1.807, 2.05) is 0 Å². The van der Waals surface area contributed by atoms with Gasteiger partial charge in [-0.2, -0.15) is 0 Å². The molecule has 212 valence electrons. The van der Waals surface area contributed by atoms with Gasteiger partial charge < -0.3 is 90.1 Å². The summed E-state index contributed by atoms with van der Waals surface area (Å²) < 4.78 is 25.1. The topological polar surface area (TPSA) is 309 Å². The summed E-state index contributed by atoms with van der Waals surface area (Å²) in [6.45, 7) is -2.99. The summed E-state index contributed by atoms with van der Waals surface area (Å²) in [5.41, 5.74) is 0. The van der Waals surface area contributed by atoms with E-state index >= 15 is 0 Å². The highest BCUT2D eigenvalue weighted by molar-refractivity contribution is 4.99. The highest BCUT2D eigenvalue weighted by Crippen LogP contribution is 2.38. The lowest BCUT2D eigenvalue weighted by Gasteiger charge is -2.51. The highest BCUT2D eigenvalue weighted by Gasteiger charge is 2.62. The second kappa shape index (κ2) is 11.2. The molecule has 0 aromatic carbocycles. The lowest BCUT2D eigenvalue weighted by atomic mass is 9.94. The molecule has 1 unspecified atom stereocenters. The van der Waals surface area contributed by atoms with Crippen molar-refractivity contribution in [2.24, 2.45) is 0 Å². The van der Waals surface area contributed by atoms with Crippen LogP contribution in [0.4, 0.5) is 0 Å². The van der Waals surface area contributed by atoms with E-state index in [2.05, 4.69) is 0 Å². The van der Waals surface area contributed by atoms with E-state index in [1.54, 1.807) is 0 Å². The van der Waals surface area contributed by atoms with Gasteiger partial charge in [0.2, 0.25) is 0 Å². The Hall–Kier alpha value is -0.720. The van der Waals surface area contributed by atoms with Crippen molar-refractivity contribution in [1.82, 2.24) is 0 Å². The molecule has 0 aromatic rings. The fourth-order valence-corrected chi connectivity index (χ4v) is 4.18. The average molecular weight is 536 g/mol. The van der Waals surface area contributed by atoms with E-state index < -0.39 is 111 Å². The Morgan fingerprint density at radius 2 is 0.972 bits per heavy atom. The van der Waals surface area contributed by atoms with Crippen molar-refractivity contribution in [2.75, 3.05) is 19.8 Å². The molecule has 36 heavy (non-hydrogen) atoms. The third-order valence-electron chi connectivity index (χ3n) is 6.28. The Morgan fingerprint density at radius 1 is 0.528 bits per heavy atom. The smallest absolute Gasteiger partial charge is 0.311 e. The van der Waals surface area contributed by atoms with Gasteiger partial charge in [-0.15, -0.1) is 0 Å². The molecular formula is C18H32O18. The van der Waals surface area contributed by atoms with Crippen molar-refractivity contribution in [3.63, 3.8) is 0 Å². The molecule has 0 radical (unpaired) electrons. The maximum atomic E-state index is 10.8. The normalized spacial score (nSPS) is 54.4. The van der Waals surface area contributed by atoms with Gasteiger partial charge in [0.05, 0.1) is 19.8 Å². The second-order valence-corrected chi connectivity index (χ2v) is 8.69. The van der Waals surface area contributed by atoms with Gasteiger partial charge in [-0.1, -0.05) is 0 Å². The fourth-order valence-electron chi connectivity index (χ4n) is 4.18. The van der Waals surface area contributed by atoms with Gasteiger partial charge in [-0.05, 0) is 0 Å². The van der Waals surface area contributed by atoms with Gasteiger partial charge in [0, 0.05) is 0 Å². The minimum absolute atomic E-state index is 0.919. The number of hydrogen-bond acceptors (Lipinski definition) is 18. The predicted molar refractivity (Wildman–Crippen MR) is 104 cm³/mol. The summed E-state index contributed by atoms with van der Waals surface area (Å²) in [6.07, 6.45) is -26.3. The lowest BCUT2D eigenvalue weighted by molar-refractivity contribution is -0.505. The van der Waals surface area contributed by atoms with Crippen LogP contribution in [-0.2, 0) is 23.7 Å². The number of ether oxygens (including phenoxy) is 5. The van der Waals surface area contributed by atoms with Gasteiger partial charge in [0.1, 0.15) is 61.0 Å². The zero-order valence-corrected chi connectivity index (χ0v) is 18.5. The lowest BCUT2D eigenvalue weighted by Crippen LogP contribution is -2.73. The summed E-state index contributed by atoms with van der Waals surface area (Å²) in [7, 11) is 0. The first-order chi connectivity index (χ1) is 16.7. The van der Waals surface area contributed by atoms with Crippen LogP contribution in [-0.4, -0.2) is 178 Å². The van der Waals surface area contributed by atoms with Crippen LogP contribution in [0.2, 0.25) is 0 Å². The summed E-state index contributed by atoms with van der Waals surface area (Å²) in [5.74, 6) is -6.52. The number of aliphatic hydroxyl groups is 13. The zero-order valence-electron chi connectivity index (χ0n) is 18.5. The van der Waals surface area contributed by atoms with Gasteiger partial charge in [0.15, 0.2) is 18.5 Å². The third kappa shape index (κ3) is 5.25. The first kappa shape index (κ1) is 29.8. The molecular weight excluding hydrogens is 504 g/mol. The first-order valence-corrected chi connectivity index (χ1v) is 10.8. The van der Waals surface area contributed by atoms with Crippen molar-refractivity contribution < 1.29 is 90.1 Å². The van der Waals surface area contributed by atoms with Crippen LogP contribution in [0.1, 0.15) is 0 Å². The van der Waals surface area contributed by atoms with E-state index in [4.69, 9.17) is 23.7 Å². The average Bonchev–Trinajstić information content (AvgIpc) is 2.85. The van der Waals surface area contributed by atoms with Gasteiger partial charge in [0.25, 0.3) is 0 Å². The fraction of sp³-hybridized carbons (Fsp3) is 1.00. The van der Waals surface area contributed by atoms with Gasteiger partial charge in [-0.3, -0.25) is 0 Å². The van der Waals surface area contributed by atoms with Crippen molar-refractivity contribution in [2.45, 2.75) is 91.5 Å². The van der Waals surface area contributed by atoms with E-state index in [9.17, 15) is 66.4 Å². The summed E-state index contributed by atoms with van der Waals surface area (Å²) in [5, 5.41) is 131. The molecule has 0 amide bonds. The molecule has 0 bridgehead atoms. The Morgan fingerprint density at radius 3 is 1.47 bits per heavy atom. The predicted octanol–water partition coefficient (Wildman–Crippen LogP) is -8.93. The van der Waals surface area contributed by atoms with Gasteiger partial charge >= 0.3 is 11.9 Å². The monoisotopic (exact) mass is 536 g/mol. The number of hydrogen-bond donors (Lipinski definition) is 13. The van der Waals surface area contributed by atoms with E-state index in [1.165, 1.54) is 0 Å². The molecule has 0 aromatic heterocycles. The van der Waals surface area contributed by atoms with Crippen LogP contribution in [0.3, 0.4) is 0 Å². The SMILES string of the molecule is OC[C@H]1O[C@](O)(O[C@@H]2[C@H](O)[C@@H](O)[C@@](O)(O[C@H]3[C@H](O)[C@@H](O)C(O)O[C@@H]3CO)O[C@@H]2CO)[C@H](O)[C@@H](O)[C@H]1O. The molecule has 18 heteroatoms. The molecule has 3 rings (SSSR count). The van der Waals surface area contributed by atoms with Crippen LogP contribution in [0.25, 0.3) is 0 Å². The maximum Gasteiger partial charge on any atom is 0.311 e. The quantitative estimate of drug-likeness (QED) is 0.134. The summed E-state index contributed by atoms with van der Waals surface area (Å²) in [6, 6.07) is 0. The molecule has 13 N–H and O–H groups in total. The Bertz CT molecular complexity index is 724. The maximum absolute atomic E-state index is 10.8. The Labute approximate surface area is 202 Å². The van der Waals surface area contributed by atoms with Crippen molar-refractivity contribution in [1.29, 1.82) is 0 Å². The molecule has 0 spiro atoms. The standard InChI is InChI=1S/C18H32O18/c19-1-4-7(22)9(24)14(27)17(30,33-4)36-13-6(3-21)34-18(31,15(28)11(13)26)35-12-5(2-20)32-16(29)10(25)8(12)23/h4-16,19-31H,1-3H2/t4-,5-,6-,7+,8-,9+,10-,11+,12-,13+,14-,15-,16?,17+,18+/m1/s1. The molecule has 0 aliphatic carbocycles. The molecule has 3 heterocycles. The molecule has 3 fully saturated rings. The minimum atomic E-state index is -3.28. The molecule has 3 aliphatic rings. The minimum Gasteiger partial charge on any atom is -0.394 e. The zero-order chi connectivity index (χ0) is 27.2. The van der Waals surface area contributed by atoms with Crippen molar-refractivity contribution in [3.05, 3.63) is 0 Å². The molecule has 3 saturated heterocycles. The first-order valence-electron chi connectivity index (χ1n) is 10.8. The molecule has 3 aliphatic heterocycles. The Balaban J connectivity index is 1.82. The molecule has 0 saturated carbocycles. The van der Waals surface area contributed by atoms with Crippen molar-refractivity contribution >= 4 is 0 Å². The van der Waals surface area contributed by atoms with Crippen LogP contribution >= 0.6 is 0 Å². The van der Waals surface area contributed by atoms with E-state index in [0.717, 1.165) is 0 Å². The second-order valence-electron chi connectivity index (χ2n) is 8.69. The van der Waals surface area contributed by atoms with E-state index in [0.29, 0.717) is 0 Å². The third-order valence-corrected chi connectivity index (χ3v) is 6.28. The molecule has 15 atom stereocenters. The van der Waals surface area contributed by atoms with Crippen LogP contribution < -0.4 is 0 Å². The van der Waals surface area contributed by atoms with E-state index in [-0.39, 0.29) is 0 Å². The van der Waals surface area contributed by atoms with Crippen LogP contribution in [0.15, 0.2) is 0 Å². The summed E-state index contributed by atoms with van der Waals surface area (Å²) in [4.78, 5) is 0. The highest BCUT2D eigenvalue weighted by atomic mass is 16.9. The molecule has 18 nitrogen and oxygen atoms in total. The van der Waals surface area contributed by atoms with Crippen LogP contribution in [0, 0.1) is 0 Å². The number of aliphatic hydroxyl groups excluding tert-OH is 11.